The molecular weight excluding hydrogens is 466 g/mol. The average Bonchev–Trinajstić information content (AvgIpc) is 2.77. The smallest absolute Gasteiger partial charge is 0.323 e. The molecule has 0 aromatic rings. The van der Waals surface area contributed by atoms with Gasteiger partial charge in [-0.3, -0.25) is 18.7 Å². The van der Waals surface area contributed by atoms with Gasteiger partial charge in [0.25, 0.3) is 0 Å². The van der Waals surface area contributed by atoms with Crippen LogP contribution in [0, 0.1) is 11.8 Å². The van der Waals surface area contributed by atoms with Gasteiger partial charge >= 0.3 is 27.0 Å². The van der Waals surface area contributed by atoms with E-state index in [4.69, 9.17) is 13.8 Å². The van der Waals surface area contributed by atoms with Crippen LogP contribution in [0.4, 0.5) is 0 Å². The summed E-state index contributed by atoms with van der Waals surface area (Å²) in [4.78, 5) is 25.1. The fraction of sp³-hybridized carbons (Fsp3) is 0.545. The Labute approximate surface area is 198 Å². The first kappa shape index (κ1) is 31.2. The minimum atomic E-state index is -4.17. The van der Waals surface area contributed by atoms with Crippen molar-refractivity contribution in [2.45, 2.75) is 39.8 Å². The average molecular weight is 505 g/mol. The van der Waals surface area contributed by atoms with Crippen molar-refractivity contribution in [2.75, 3.05) is 27.3 Å². The molecule has 0 rings (SSSR count). The lowest BCUT2D eigenvalue weighted by molar-refractivity contribution is -0.147. The van der Waals surface area contributed by atoms with Crippen LogP contribution in [-0.4, -0.2) is 60.7 Å². The van der Waals surface area contributed by atoms with Crippen molar-refractivity contribution in [3.63, 3.8) is 0 Å². The molecule has 0 spiro atoms. The van der Waals surface area contributed by atoms with E-state index in [1.807, 2.05) is 0 Å². The topological polar surface area (TPSA) is 102 Å². The lowest BCUT2D eigenvalue weighted by atomic mass is 10.0. The molecule has 4 atom stereocenters. The summed E-state index contributed by atoms with van der Waals surface area (Å²) in [5.41, 5.74) is 0. The molecule has 0 bridgehead atoms. The molecular formula is C22H38N2O7P2. The second-order valence-electron chi connectivity index (χ2n) is 7.82. The van der Waals surface area contributed by atoms with Crippen LogP contribution in [0.5, 0.6) is 0 Å². The van der Waals surface area contributed by atoms with Gasteiger partial charge in [0.05, 0.1) is 14.2 Å². The van der Waals surface area contributed by atoms with Crippen molar-refractivity contribution in [3.8, 4) is 0 Å². The number of nitrogens with zero attached hydrogens (tertiary/aromatic N) is 2. The Morgan fingerprint density at radius 2 is 1.06 bits per heavy atom. The van der Waals surface area contributed by atoms with Crippen molar-refractivity contribution in [1.82, 2.24) is 9.34 Å². The molecule has 0 amide bonds. The molecule has 0 aromatic heterocycles. The van der Waals surface area contributed by atoms with Crippen molar-refractivity contribution in [3.05, 3.63) is 50.1 Å². The summed E-state index contributed by atoms with van der Waals surface area (Å²) in [6.45, 7) is 21.4. The molecule has 9 nitrogen and oxygen atoms in total. The summed E-state index contributed by atoms with van der Waals surface area (Å²) in [7, 11) is -5.90. The van der Waals surface area contributed by atoms with Crippen LogP contribution in [0.25, 0.3) is 0 Å². The standard InChI is InChI=1S/C22H38N2O7P2/c1-11-15-23(19(17(5)6)21(25)29-9)32(27,13-3)31-33(28,14-4)24(16-12-2)20(18(7)8)22(26)30-10/h11-14,17-20H,1-4,15-16H2,5-10H3/t19-,20-,32+,33+/m0/s1. The Hall–Kier alpha value is -1.76. The van der Waals surface area contributed by atoms with Gasteiger partial charge in [-0.2, -0.15) is 0 Å². The molecule has 0 aliphatic heterocycles. The molecule has 0 unspecified atom stereocenters. The van der Waals surface area contributed by atoms with E-state index in [9.17, 15) is 18.7 Å². The van der Waals surface area contributed by atoms with Crippen molar-refractivity contribution < 1.29 is 32.5 Å². The minimum absolute atomic E-state index is 0.0511. The molecule has 0 aliphatic rings. The van der Waals surface area contributed by atoms with Crippen LogP contribution >= 0.6 is 15.0 Å². The van der Waals surface area contributed by atoms with E-state index in [-0.39, 0.29) is 24.9 Å². The van der Waals surface area contributed by atoms with Crippen LogP contribution in [0.15, 0.2) is 50.1 Å². The monoisotopic (exact) mass is 504 g/mol. The summed E-state index contributed by atoms with van der Waals surface area (Å²) in [6, 6.07) is -2.02. The fourth-order valence-electron chi connectivity index (χ4n) is 3.32. The van der Waals surface area contributed by atoms with Crippen LogP contribution in [0.1, 0.15) is 27.7 Å². The highest BCUT2D eigenvalue weighted by atomic mass is 31.2. The largest absolute Gasteiger partial charge is 0.468 e. The second kappa shape index (κ2) is 13.8. The second-order valence-corrected chi connectivity index (χ2v) is 12.5. The summed E-state index contributed by atoms with van der Waals surface area (Å²) < 4.78 is 46.3. The zero-order chi connectivity index (χ0) is 26.0. The van der Waals surface area contributed by atoms with E-state index in [1.165, 1.54) is 35.7 Å². The molecule has 0 N–H and O–H groups in total. The molecule has 0 heterocycles. The maximum absolute atomic E-state index is 14.1. The number of esters is 2. The van der Waals surface area contributed by atoms with Gasteiger partial charge < -0.3 is 9.47 Å². The maximum Gasteiger partial charge on any atom is 0.323 e. The molecule has 0 aliphatic carbocycles. The normalized spacial score (nSPS) is 17.0. The third kappa shape index (κ3) is 7.62. The Balaban J connectivity index is 6.78. The quantitative estimate of drug-likeness (QED) is 0.162. The first-order chi connectivity index (χ1) is 15.3. The number of carbonyl (C=O) groups excluding carboxylic acids is 2. The lowest BCUT2D eigenvalue weighted by Gasteiger charge is -2.40. The lowest BCUT2D eigenvalue weighted by Crippen LogP contribution is -2.45. The SMILES string of the molecule is C=CCN([C@H](C(=O)OC)C(C)C)[P@@](=O)(C=C)O[P@](=O)(C=C)N(CC=C)[C@H](C(=O)OC)C(C)C. The molecule has 188 valence electrons. The van der Waals surface area contributed by atoms with Crippen LogP contribution in [-0.2, 0) is 32.5 Å². The summed E-state index contributed by atoms with van der Waals surface area (Å²) in [5, 5.41) is 0. The Kier molecular flexibility index (Phi) is 13.1. The Morgan fingerprint density at radius 1 is 0.758 bits per heavy atom. The van der Waals surface area contributed by atoms with Crippen molar-refractivity contribution in [2.24, 2.45) is 11.8 Å². The molecule has 0 fully saturated rings. The highest BCUT2D eigenvalue weighted by molar-refractivity contribution is 7.72. The van der Waals surface area contributed by atoms with Gasteiger partial charge in [0.1, 0.15) is 12.1 Å². The summed E-state index contributed by atoms with van der Waals surface area (Å²) in [6.07, 6.45) is 2.87. The van der Waals surface area contributed by atoms with Gasteiger partial charge in [0.2, 0.25) is 0 Å². The van der Waals surface area contributed by atoms with Crippen molar-refractivity contribution >= 4 is 27.0 Å². The molecule has 0 saturated heterocycles. The van der Waals surface area contributed by atoms with E-state index in [0.717, 1.165) is 11.6 Å². The number of hydrogen-bond donors (Lipinski definition) is 0. The predicted octanol–water partition coefficient (Wildman–Crippen LogP) is 5.05. The highest BCUT2D eigenvalue weighted by Crippen LogP contribution is 2.69. The van der Waals surface area contributed by atoms with Gasteiger partial charge in [-0.05, 0) is 11.8 Å². The number of rotatable bonds is 16. The van der Waals surface area contributed by atoms with Crippen LogP contribution < -0.4 is 0 Å². The molecule has 0 aromatic carbocycles. The van der Waals surface area contributed by atoms with Gasteiger partial charge in [0, 0.05) is 24.7 Å². The van der Waals surface area contributed by atoms with Crippen LogP contribution in [0.3, 0.4) is 0 Å². The first-order valence-corrected chi connectivity index (χ1v) is 13.7. The van der Waals surface area contributed by atoms with Gasteiger partial charge in [0.15, 0.2) is 0 Å². The fourth-order valence-corrected chi connectivity index (χ4v) is 8.47. The maximum atomic E-state index is 14.1. The molecule has 0 saturated carbocycles. The predicted molar refractivity (Wildman–Crippen MR) is 132 cm³/mol. The van der Waals surface area contributed by atoms with E-state index in [1.54, 1.807) is 27.7 Å². The van der Waals surface area contributed by atoms with E-state index in [0.29, 0.717) is 0 Å². The van der Waals surface area contributed by atoms with E-state index in [2.05, 4.69) is 26.3 Å². The number of ether oxygens (including phenoxy) is 2. The number of methoxy groups -OCH3 is 2. The molecule has 0 radical (unpaired) electrons. The third-order valence-electron chi connectivity index (χ3n) is 4.83. The Morgan fingerprint density at radius 3 is 1.24 bits per heavy atom. The molecule has 33 heavy (non-hydrogen) atoms. The number of carbonyl (C=O) groups is 2. The van der Waals surface area contributed by atoms with Gasteiger partial charge in [-0.1, -0.05) is 53.0 Å². The van der Waals surface area contributed by atoms with Gasteiger partial charge in [-0.15, -0.1) is 13.2 Å². The third-order valence-corrected chi connectivity index (χ3v) is 9.89. The van der Waals surface area contributed by atoms with E-state index >= 15 is 0 Å². The summed E-state index contributed by atoms with van der Waals surface area (Å²) in [5.74, 6) is 0.0338. The zero-order valence-electron chi connectivity index (χ0n) is 20.5. The van der Waals surface area contributed by atoms with E-state index < -0.39 is 39.1 Å². The first-order valence-electron chi connectivity index (χ1n) is 10.4. The number of hydrogen-bond acceptors (Lipinski definition) is 7. The molecule has 11 heteroatoms. The minimum Gasteiger partial charge on any atom is -0.468 e. The zero-order valence-corrected chi connectivity index (χ0v) is 22.3. The van der Waals surface area contributed by atoms with Crippen molar-refractivity contribution in [1.29, 1.82) is 0 Å². The Bertz CT molecular complexity index is 760. The highest BCUT2D eigenvalue weighted by Gasteiger charge is 2.48. The van der Waals surface area contributed by atoms with Crippen LogP contribution in [0.2, 0.25) is 0 Å². The van der Waals surface area contributed by atoms with Gasteiger partial charge in [-0.25, -0.2) is 13.7 Å². The summed E-state index contributed by atoms with van der Waals surface area (Å²) >= 11 is 0.